The second-order valence-electron chi connectivity index (χ2n) is 8.28. The van der Waals surface area contributed by atoms with Gasteiger partial charge in [0.15, 0.2) is 0 Å². The highest BCUT2D eigenvalue weighted by atomic mass is 16.2. The number of nitrogens with zero attached hydrogens (tertiary/aromatic N) is 4. The van der Waals surface area contributed by atoms with E-state index in [1.54, 1.807) is 19.0 Å². The number of urea groups is 1. The molecule has 2 atom stereocenters. The molecule has 3 heterocycles. The third kappa shape index (κ3) is 2.68. The molecule has 0 unspecified atom stereocenters. The predicted octanol–water partition coefficient (Wildman–Crippen LogP) is 0.705. The maximum Gasteiger partial charge on any atom is 0.319 e. The highest BCUT2D eigenvalue weighted by Gasteiger charge is 2.61. The van der Waals surface area contributed by atoms with Crippen molar-refractivity contribution in [2.45, 2.75) is 32.2 Å². The maximum absolute atomic E-state index is 12.8. The number of carbonyl (C=O) groups excluding carboxylic acids is 3. The molecule has 0 aromatic rings. The van der Waals surface area contributed by atoms with Crippen LogP contribution in [0, 0.1) is 17.8 Å². The molecule has 1 spiro atoms. The lowest BCUT2D eigenvalue weighted by Crippen LogP contribution is -2.57. The molecule has 3 aliphatic rings. The van der Waals surface area contributed by atoms with Crippen molar-refractivity contribution in [3.8, 4) is 0 Å². The van der Waals surface area contributed by atoms with E-state index in [1.807, 2.05) is 35.6 Å². The van der Waals surface area contributed by atoms with E-state index >= 15 is 0 Å². The predicted molar refractivity (Wildman–Crippen MR) is 93.8 cm³/mol. The Hall–Kier alpha value is -1.79. The Kier molecular flexibility index (Phi) is 4.45. The lowest BCUT2D eigenvalue weighted by molar-refractivity contribution is -0.139. The van der Waals surface area contributed by atoms with Crippen LogP contribution in [0.15, 0.2) is 0 Å². The maximum atomic E-state index is 12.8. The van der Waals surface area contributed by atoms with E-state index in [0.29, 0.717) is 26.2 Å². The Labute approximate surface area is 149 Å². The normalized spacial score (nSPS) is 28.1. The molecular weight excluding hydrogens is 320 g/mol. The van der Waals surface area contributed by atoms with Crippen LogP contribution >= 0.6 is 0 Å². The Morgan fingerprint density at radius 2 is 1.72 bits per heavy atom. The van der Waals surface area contributed by atoms with Crippen molar-refractivity contribution < 1.29 is 14.4 Å². The van der Waals surface area contributed by atoms with Crippen LogP contribution in [0.25, 0.3) is 0 Å². The SMILES string of the molecule is CC(C)C(=O)N1CCC2(CC1)[C@@H]1CN(C(=O)N(C)C)C[C@@H]1C(=O)N2C. The van der Waals surface area contributed by atoms with Gasteiger partial charge in [-0.1, -0.05) is 13.8 Å². The molecule has 4 amide bonds. The molecule has 0 aromatic carbocycles. The van der Waals surface area contributed by atoms with Crippen LogP contribution in [-0.4, -0.2) is 90.3 Å². The van der Waals surface area contributed by atoms with Crippen LogP contribution in [0.4, 0.5) is 4.79 Å². The third-order valence-corrected chi connectivity index (χ3v) is 6.41. The van der Waals surface area contributed by atoms with Crippen molar-refractivity contribution in [1.82, 2.24) is 19.6 Å². The van der Waals surface area contributed by atoms with Crippen LogP contribution in [-0.2, 0) is 9.59 Å². The fraction of sp³-hybridized carbons (Fsp3) is 0.833. The van der Waals surface area contributed by atoms with Gasteiger partial charge in [-0.15, -0.1) is 0 Å². The number of amides is 4. The first-order valence-corrected chi connectivity index (χ1v) is 9.21. The molecule has 3 aliphatic heterocycles. The zero-order valence-electron chi connectivity index (χ0n) is 16.0. The van der Waals surface area contributed by atoms with E-state index < -0.39 is 0 Å². The fourth-order valence-electron chi connectivity index (χ4n) is 4.94. The van der Waals surface area contributed by atoms with Gasteiger partial charge in [0.25, 0.3) is 0 Å². The van der Waals surface area contributed by atoms with Crippen LogP contribution in [0.1, 0.15) is 26.7 Å². The highest BCUT2D eigenvalue weighted by Crippen LogP contribution is 2.49. The summed E-state index contributed by atoms with van der Waals surface area (Å²) in [6, 6.07) is -0.0209. The van der Waals surface area contributed by atoms with E-state index in [1.165, 1.54) is 0 Å². The van der Waals surface area contributed by atoms with Gasteiger partial charge in [0.2, 0.25) is 11.8 Å². The molecule has 3 rings (SSSR count). The number of carbonyl (C=O) groups is 3. The molecule has 7 heteroatoms. The van der Waals surface area contributed by atoms with Gasteiger partial charge in [-0.2, -0.15) is 0 Å². The summed E-state index contributed by atoms with van der Waals surface area (Å²) >= 11 is 0. The summed E-state index contributed by atoms with van der Waals surface area (Å²) in [5.41, 5.74) is -0.211. The fourth-order valence-corrected chi connectivity index (χ4v) is 4.94. The van der Waals surface area contributed by atoms with Crippen molar-refractivity contribution >= 4 is 17.8 Å². The summed E-state index contributed by atoms with van der Waals surface area (Å²) in [5, 5.41) is 0. The first-order valence-electron chi connectivity index (χ1n) is 9.21. The van der Waals surface area contributed by atoms with Crippen LogP contribution in [0.2, 0.25) is 0 Å². The molecule has 0 N–H and O–H groups in total. The van der Waals surface area contributed by atoms with E-state index in [9.17, 15) is 14.4 Å². The van der Waals surface area contributed by atoms with Crippen molar-refractivity contribution in [3.05, 3.63) is 0 Å². The number of hydrogen-bond acceptors (Lipinski definition) is 3. The summed E-state index contributed by atoms with van der Waals surface area (Å²) in [7, 11) is 5.39. The van der Waals surface area contributed by atoms with Crippen molar-refractivity contribution in [2.75, 3.05) is 47.3 Å². The minimum atomic E-state index is -0.211. The largest absolute Gasteiger partial charge is 0.342 e. The number of likely N-dealkylation sites (tertiary alicyclic amines) is 3. The summed E-state index contributed by atoms with van der Waals surface area (Å²) in [6.07, 6.45) is 1.61. The van der Waals surface area contributed by atoms with Gasteiger partial charge in [0.1, 0.15) is 0 Å². The van der Waals surface area contributed by atoms with E-state index in [0.717, 1.165) is 12.8 Å². The quantitative estimate of drug-likeness (QED) is 0.699. The second kappa shape index (κ2) is 6.18. The van der Waals surface area contributed by atoms with Crippen LogP contribution in [0.3, 0.4) is 0 Å². The smallest absolute Gasteiger partial charge is 0.319 e. The first kappa shape index (κ1) is 18.0. The van der Waals surface area contributed by atoms with Gasteiger partial charge < -0.3 is 19.6 Å². The van der Waals surface area contributed by atoms with Gasteiger partial charge >= 0.3 is 6.03 Å². The minimum Gasteiger partial charge on any atom is -0.342 e. The summed E-state index contributed by atoms with van der Waals surface area (Å²) < 4.78 is 0. The average molecular weight is 350 g/mol. The molecule has 0 aliphatic carbocycles. The van der Waals surface area contributed by atoms with Crippen molar-refractivity contribution in [3.63, 3.8) is 0 Å². The summed E-state index contributed by atoms with van der Waals surface area (Å²) in [4.78, 5) is 44.7. The van der Waals surface area contributed by atoms with Crippen molar-refractivity contribution in [1.29, 1.82) is 0 Å². The molecule has 3 fully saturated rings. The molecule has 0 radical (unpaired) electrons. The molecule has 7 nitrogen and oxygen atoms in total. The molecule has 25 heavy (non-hydrogen) atoms. The van der Waals surface area contributed by atoms with E-state index in [-0.39, 0.29) is 41.1 Å². The van der Waals surface area contributed by atoms with Gasteiger partial charge in [-0.3, -0.25) is 9.59 Å². The average Bonchev–Trinajstić information content (AvgIpc) is 3.10. The number of fused-ring (bicyclic) bond motifs is 2. The lowest BCUT2D eigenvalue weighted by Gasteiger charge is -2.47. The lowest BCUT2D eigenvalue weighted by atomic mass is 9.75. The Bertz CT molecular complexity index is 581. The number of piperidine rings is 1. The summed E-state index contributed by atoms with van der Waals surface area (Å²) in [5.74, 6) is 0.424. The second-order valence-corrected chi connectivity index (χ2v) is 8.28. The third-order valence-electron chi connectivity index (χ3n) is 6.41. The van der Waals surface area contributed by atoms with Crippen LogP contribution in [0.5, 0.6) is 0 Å². The van der Waals surface area contributed by atoms with Crippen LogP contribution < -0.4 is 0 Å². The first-order chi connectivity index (χ1) is 11.7. The highest BCUT2D eigenvalue weighted by molar-refractivity contribution is 5.85. The zero-order chi connectivity index (χ0) is 18.5. The number of rotatable bonds is 1. The molecule has 140 valence electrons. The Morgan fingerprint density at radius 1 is 1.12 bits per heavy atom. The Balaban J connectivity index is 1.77. The van der Waals surface area contributed by atoms with Gasteiger partial charge in [-0.05, 0) is 12.8 Å². The summed E-state index contributed by atoms with van der Waals surface area (Å²) in [6.45, 7) is 6.39. The van der Waals surface area contributed by atoms with E-state index in [2.05, 4.69) is 0 Å². The zero-order valence-corrected chi connectivity index (χ0v) is 16.0. The van der Waals surface area contributed by atoms with Gasteiger partial charge in [-0.25, -0.2) is 4.79 Å². The molecular formula is C18H30N4O3. The van der Waals surface area contributed by atoms with E-state index in [4.69, 9.17) is 0 Å². The van der Waals surface area contributed by atoms with Crippen molar-refractivity contribution in [2.24, 2.45) is 17.8 Å². The monoisotopic (exact) mass is 350 g/mol. The standard InChI is InChI=1S/C18H30N4O3/c1-12(2)15(23)21-8-6-18(7-9-21)14-11-22(17(25)19(3)4)10-13(14)16(24)20(18)5/h12-14H,6-11H2,1-5H3/t13-,14+/m0/s1. The van der Waals surface area contributed by atoms with Gasteiger partial charge in [0.05, 0.1) is 11.5 Å². The molecule has 3 saturated heterocycles. The molecule has 0 aromatic heterocycles. The minimum absolute atomic E-state index is 0.00410. The molecule has 0 bridgehead atoms. The Morgan fingerprint density at radius 3 is 2.24 bits per heavy atom. The molecule has 0 saturated carbocycles. The topological polar surface area (TPSA) is 64.2 Å². The number of hydrogen-bond donors (Lipinski definition) is 0. The van der Waals surface area contributed by atoms with Gasteiger partial charge in [0, 0.05) is 59.2 Å².